The fourth-order valence-electron chi connectivity index (χ4n) is 4.25. The van der Waals surface area contributed by atoms with Gasteiger partial charge in [-0.1, -0.05) is 41.9 Å². The summed E-state index contributed by atoms with van der Waals surface area (Å²) in [6.45, 7) is 2.45. The maximum atomic E-state index is 13.1. The highest BCUT2D eigenvalue weighted by Gasteiger charge is 2.49. The van der Waals surface area contributed by atoms with Crippen LogP contribution in [0.2, 0.25) is 5.02 Å². The molecule has 0 saturated carbocycles. The highest BCUT2D eigenvalue weighted by Crippen LogP contribution is 2.34. The number of likely N-dealkylation sites (tertiary alicyclic amines) is 1. The van der Waals surface area contributed by atoms with Crippen LogP contribution in [0.3, 0.4) is 0 Å². The zero-order valence-corrected chi connectivity index (χ0v) is 16.9. The second kappa shape index (κ2) is 7.59. The van der Waals surface area contributed by atoms with Crippen LogP contribution in [0.5, 0.6) is 0 Å². The van der Waals surface area contributed by atoms with Crippen molar-refractivity contribution in [2.75, 3.05) is 11.9 Å². The predicted octanol–water partition coefficient (Wildman–Crippen LogP) is 4.39. The van der Waals surface area contributed by atoms with Crippen molar-refractivity contribution < 1.29 is 9.59 Å². The van der Waals surface area contributed by atoms with Crippen LogP contribution in [0.15, 0.2) is 42.5 Å². The van der Waals surface area contributed by atoms with Crippen LogP contribution in [0.4, 0.5) is 5.69 Å². The van der Waals surface area contributed by atoms with Crippen LogP contribution in [-0.2, 0) is 28.9 Å². The van der Waals surface area contributed by atoms with Crippen molar-refractivity contribution in [3.05, 3.63) is 64.2 Å². The predicted molar refractivity (Wildman–Crippen MR) is 112 cm³/mol. The molecular weight excluding hydrogens is 372 g/mol. The van der Waals surface area contributed by atoms with E-state index in [0.717, 1.165) is 30.5 Å². The number of anilines is 1. The van der Waals surface area contributed by atoms with Crippen LogP contribution in [0.1, 0.15) is 42.9 Å². The van der Waals surface area contributed by atoms with Crippen LogP contribution in [-0.4, -0.2) is 28.8 Å². The molecule has 1 aliphatic carbocycles. The van der Waals surface area contributed by atoms with E-state index in [-0.39, 0.29) is 18.2 Å². The Kier molecular flexibility index (Phi) is 5.15. The molecule has 1 aliphatic heterocycles. The number of fused-ring (bicyclic) bond motifs is 1. The van der Waals surface area contributed by atoms with Gasteiger partial charge in [0.05, 0.1) is 6.42 Å². The number of nitrogens with one attached hydrogen (secondary N) is 1. The summed E-state index contributed by atoms with van der Waals surface area (Å²) < 4.78 is 0. The fraction of sp³-hybridized carbons (Fsp3) is 0.391. The van der Waals surface area contributed by atoms with E-state index in [1.165, 1.54) is 17.5 Å². The molecule has 146 valence electrons. The van der Waals surface area contributed by atoms with Gasteiger partial charge >= 0.3 is 0 Å². The van der Waals surface area contributed by atoms with Gasteiger partial charge in [-0.15, -0.1) is 0 Å². The van der Waals surface area contributed by atoms with E-state index in [0.29, 0.717) is 18.0 Å². The van der Waals surface area contributed by atoms with E-state index in [4.69, 9.17) is 11.6 Å². The van der Waals surface area contributed by atoms with Crippen molar-refractivity contribution in [3.8, 4) is 0 Å². The molecule has 2 aromatic carbocycles. The van der Waals surface area contributed by atoms with E-state index >= 15 is 0 Å². The molecule has 5 heteroatoms. The lowest BCUT2D eigenvalue weighted by Gasteiger charge is -2.49. The Morgan fingerprint density at radius 1 is 1.11 bits per heavy atom. The van der Waals surface area contributed by atoms with Crippen LogP contribution < -0.4 is 5.32 Å². The summed E-state index contributed by atoms with van der Waals surface area (Å²) in [5.74, 6) is -0.169. The summed E-state index contributed by atoms with van der Waals surface area (Å²) in [5.41, 5.74) is 3.46. The molecule has 2 amide bonds. The molecule has 1 unspecified atom stereocenters. The summed E-state index contributed by atoms with van der Waals surface area (Å²) in [7, 11) is 0. The van der Waals surface area contributed by atoms with E-state index in [9.17, 15) is 9.59 Å². The van der Waals surface area contributed by atoms with Gasteiger partial charge in [0.2, 0.25) is 11.8 Å². The number of rotatable bonds is 4. The van der Waals surface area contributed by atoms with E-state index in [2.05, 4.69) is 11.4 Å². The van der Waals surface area contributed by atoms with Crippen molar-refractivity contribution in [3.63, 3.8) is 0 Å². The minimum Gasteiger partial charge on any atom is -0.328 e. The fourth-order valence-corrected chi connectivity index (χ4v) is 4.45. The van der Waals surface area contributed by atoms with Crippen LogP contribution in [0.25, 0.3) is 0 Å². The third kappa shape index (κ3) is 3.42. The zero-order chi connectivity index (χ0) is 19.7. The third-order valence-electron chi connectivity index (χ3n) is 6.15. The highest BCUT2D eigenvalue weighted by molar-refractivity contribution is 6.31. The molecule has 1 fully saturated rings. The van der Waals surface area contributed by atoms with Crippen molar-refractivity contribution in [2.45, 2.75) is 51.0 Å². The van der Waals surface area contributed by atoms with Crippen molar-refractivity contribution in [1.29, 1.82) is 0 Å². The molecule has 2 aliphatic rings. The number of amides is 2. The Morgan fingerprint density at radius 3 is 2.64 bits per heavy atom. The third-order valence-corrected chi connectivity index (χ3v) is 6.52. The SMILES string of the molecule is CC1(C(=O)Nc2cccc3c2CCCC3)CCN1C(=O)Cc1ccccc1Cl. The standard InChI is InChI=1S/C23H25ClN2O2/c1-23(13-14-26(23)21(27)15-17-8-3-5-11-19(17)24)22(28)25-20-12-6-9-16-7-2-4-10-18(16)20/h3,5-6,8-9,11-12H,2,4,7,10,13-15H2,1H3,(H,25,28). The Hall–Kier alpha value is -2.33. The second-order valence-corrected chi connectivity index (χ2v) is 8.35. The first-order chi connectivity index (χ1) is 13.5. The number of nitrogens with zero attached hydrogens (tertiary/aromatic N) is 1. The minimum absolute atomic E-state index is 0.0629. The van der Waals surface area contributed by atoms with Gasteiger partial charge in [-0.3, -0.25) is 9.59 Å². The monoisotopic (exact) mass is 396 g/mol. The molecule has 1 N–H and O–H groups in total. The number of aryl methyl sites for hydroxylation is 1. The average molecular weight is 397 g/mol. The summed E-state index contributed by atoms with van der Waals surface area (Å²) in [5, 5.41) is 3.70. The first-order valence-corrected chi connectivity index (χ1v) is 10.3. The van der Waals surface area contributed by atoms with Gasteiger partial charge in [-0.05, 0) is 67.9 Å². The Morgan fingerprint density at radius 2 is 1.89 bits per heavy atom. The lowest BCUT2D eigenvalue weighted by Crippen LogP contribution is -2.66. The Labute approximate surface area is 170 Å². The van der Waals surface area contributed by atoms with Gasteiger partial charge in [-0.2, -0.15) is 0 Å². The lowest BCUT2D eigenvalue weighted by molar-refractivity contribution is -0.154. The molecule has 4 nitrogen and oxygen atoms in total. The molecule has 4 rings (SSSR count). The molecule has 1 atom stereocenters. The van der Waals surface area contributed by atoms with Gasteiger partial charge in [0.15, 0.2) is 0 Å². The second-order valence-electron chi connectivity index (χ2n) is 7.94. The van der Waals surface area contributed by atoms with Gasteiger partial charge < -0.3 is 10.2 Å². The minimum atomic E-state index is -0.810. The van der Waals surface area contributed by atoms with Crippen LogP contribution >= 0.6 is 11.6 Å². The molecular formula is C23H25ClN2O2. The van der Waals surface area contributed by atoms with Crippen LogP contribution in [0, 0.1) is 0 Å². The summed E-state index contributed by atoms with van der Waals surface area (Å²) in [6.07, 6.45) is 5.30. The molecule has 28 heavy (non-hydrogen) atoms. The maximum Gasteiger partial charge on any atom is 0.250 e. The smallest absolute Gasteiger partial charge is 0.250 e. The van der Waals surface area contributed by atoms with E-state index in [1.54, 1.807) is 11.0 Å². The van der Waals surface area contributed by atoms with Gasteiger partial charge in [-0.25, -0.2) is 0 Å². The number of carbonyl (C=O) groups excluding carboxylic acids is 2. The largest absolute Gasteiger partial charge is 0.328 e. The molecule has 0 bridgehead atoms. The molecule has 0 radical (unpaired) electrons. The number of halogens is 1. The summed E-state index contributed by atoms with van der Waals surface area (Å²) >= 11 is 6.19. The molecule has 1 heterocycles. The number of benzene rings is 2. The molecule has 0 spiro atoms. The van der Waals surface area contributed by atoms with Crippen molar-refractivity contribution in [2.24, 2.45) is 0 Å². The molecule has 0 aromatic heterocycles. The lowest BCUT2D eigenvalue weighted by atomic mass is 9.84. The Balaban J connectivity index is 1.48. The topological polar surface area (TPSA) is 49.4 Å². The highest BCUT2D eigenvalue weighted by atomic mass is 35.5. The Bertz CT molecular complexity index is 927. The molecule has 2 aromatic rings. The summed E-state index contributed by atoms with van der Waals surface area (Å²) in [4.78, 5) is 27.6. The van der Waals surface area contributed by atoms with Gasteiger partial charge in [0.25, 0.3) is 0 Å². The first kappa shape index (κ1) is 19.0. The van der Waals surface area contributed by atoms with Gasteiger partial charge in [0.1, 0.15) is 5.54 Å². The molecule has 1 saturated heterocycles. The number of hydrogen-bond acceptors (Lipinski definition) is 2. The normalized spacial score (nSPS) is 20.9. The van der Waals surface area contributed by atoms with Gasteiger partial charge in [0, 0.05) is 17.3 Å². The number of hydrogen-bond donors (Lipinski definition) is 1. The quantitative estimate of drug-likeness (QED) is 0.833. The van der Waals surface area contributed by atoms with E-state index < -0.39 is 5.54 Å². The average Bonchev–Trinajstić information content (AvgIpc) is 2.68. The zero-order valence-electron chi connectivity index (χ0n) is 16.1. The van der Waals surface area contributed by atoms with Crippen molar-refractivity contribution in [1.82, 2.24) is 4.90 Å². The number of carbonyl (C=O) groups is 2. The first-order valence-electron chi connectivity index (χ1n) is 9.95. The summed E-state index contributed by atoms with van der Waals surface area (Å²) in [6, 6.07) is 13.5. The van der Waals surface area contributed by atoms with Crippen molar-refractivity contribution >= 4 is 29.1 Å². The maximum absolute atomic E-state index is 13.1. The van der Waals surface area contributed by atoms with E-state index in [1.807, 2.05) is 37.3 Å².